The van der Waals surface area contributed by atoms with Crippen molar-refractivity contribution < 1.29 is 46.8 Å². The third kappa shape index (κ3) is 16.6. The quantitative estimate of drug-likeness (QED) is 0.0161. The highest BCUT2D eigenvalue weighted by molar-refractivity contribution is 7.86. The number of nitrogens with zero attached hydrogens (tertiary/aromatic N) is 5. The highest BCUT2D eigenvalue weighted by Crippen LogP contribution is 2.31. The summed E-state index contributed by atoms with van der Waals surface area (Å²) in [6.07, 6.45) is 2.86. The fourth-order valence-electron chi connectivity index (χ4n) is 9.91. The van der Waals surface area contributed by atoms with E-state index < -0.39 is 57.3 Å². The van der Waals surface area contributed by atoms with Gasteiger partial charge in [0.05, 0.1) is 11.4 Å². The molecular weight excluding hydrogens is 1040 g/mol. The Morgan fingerprint density at radius 3 is 1.94 bits per heavy atom. The molecule has 7 rings (SSSR count). The molecule has 80 heavy (non-hydrogen) atoms. The zero-order valence-electron chi connectivity index (χ0n) is 45.6. The average Bonchev–Trinajstić information content (AvgIpc) is 3.47. The highest BCUT2D eigenvalue weighted by Gasteiger charge is 2.43. The van der Waals surface area contributed by atoms with E-state index in [1.165, 1.54) is 12.1 Å². The summed E-state index contributed by atoms with van der Waals surface area (Å²) >= 11 is 0. The van der Waals surface area contributed by atoms with E-state index >= 15 is 0 Å². The van der Waals surface area contributed by atoms with Gasteiger partial charge in [0, 0.05) is 105 Å². The van der Waals surface area contributed by atoms with Crippen LogP contribution in [0.25, 0.3) is 10.8 Å². The molecule has 0 radical (unpaired) electrons. The van der Waals surface area contributed by atoms with E-state index in [9.17, 15) is 46.8 Å². The van der Waals surface area contributed by atoms with Gasteiger partial charge in [0.25, 0.3) is 21.9 Å². The van der Waals surface area contributed by atoms with Crippen LogP contribution in [0, 0.1) is 0 Å². The lowest BCUT2D eigenvalue weighted by Gasteiger charge is -2.38. The third-order valence-corrected chi connectivity index (χ3v) is 15.5. The number of carboxylic acid groups (broad SMARTS) is 1. The molecule has 1 saturated heterocycles. The maximum absolute atomic E-state index is 14.6. The van der Waals surface area contributed by atoms with E-state index in [1.807, 2.05) is 55.4 Å². The molecule has 22 heteroatoms. The van der Waals surface area contributed by atoms with Crippen LogP contribution in [0.4, 0.5) is 28.4 Å². The van der Waals surface area contributed by atoms with Crippen LogP contribution in [0.5, 0.6) is 0 Å². The number of carboxylic acids is 1. The number of nitrogens with one attached hydrogen (secondary N) is 6. The van der Waals surface area contributed by atoms with Gasteiger partial charge in [-0.05, 0) is 130 Å². The lowest BCUT2D eigenvalue weighted by molar-refractivity contribution is -0.142. The Labute approximate surface area is 467 Å². The molecule has 1 saturated carbocycles. The van der Waals surface area contributed by atoms with E-state index in [1.54, 1.807) is 60.7 Å². The minimum Gasteiger partial charge on any atom is -0.480 e. The predicted molar refractivity (Wildman–Crippen MR) is 308 cm³/mol. The molecule has 1 aliphatic carbocycles. The summed E-state index contributed by atoms with van der Waals surface area (Å²) in [6, 6.07) is 28.1. The standard InChI is InChI=1S/C58H73N11O10S/c1-4-68-36-38-69(39-37-68)45-25-19-41(20-26-45)54(72)64-58(31-7-5-8-32-58)57(76)63-49(29-30-52(70)60-35-34-59-48-15-10-13-47-46(48)12-11-16-51(47)80(77,78)79)55(73)62-50(56(74)75)14-6-9-33-61-53(71)40-17-21-42(22-18-40)65-66-43-23-27-44(28-24-43)67(2)3/h10-13,15-28,49-50,59H,4-9,14,29-39H2,1-3H3,(H,60,70)(H,61,71)(H,62,73)(H,63,76)(H,64,72)(H,74,75)(H,77,78,79)/t49-,50-/m0/s1. The normalized spacial score (nSPS) is 15.3. The maximum Gasteiger partial charge on any atom is 0.326 e. The molecule has 0 bridgehead atoms. The SMILES string of the molecule is CCN1CCN(c2ccc(C(=O)NC3(C(=O)N[C@@H](CCC(=O)NCCNc4cccc5c(S(=O)(=O)O)cccc45)C(=O)N[C@@H](CCCCNC(=O)c4ccc(N=Nc5ccc(N(C)C)cc5)cc4)C(=O)O)CCCCC3)cc2)CC1. The van der Waals surface area contributed by atoms with Crippen LogP contribution in [0.15, 0.2) is 124 Å². The lowest BCUT2D eigenvalue weighted by atomic mass is 9.80. The number of carbonyl (C=O) groups is 6. The number of likely N-dealkylation sites (N-methyl/N-ethyl adjacent to an activating group) is 1. The predicted octanol–water partition coefficient (Wildman–Crippen LogP) is 6.81. The minimum absolute atomic E-state index is 0.00970. The summed E-state index contributed by atoms with van der Waals surface area (Å²) in [5, 5.41) is 36.8. The van der Waals surface area contributed by atoms with Crippen molar-refractivity contribution in [3.8, 4) is 0 Å². The summed E-state index contributed by atoms with van der Waals surface area (Å²) in [7, 11) is -0.590. The molecule has 426 valence electrons. The second-order valence-electron chi connectivity index (χ2n) is 20.3. The van der Waals surface area contributed by atoms with Gasteiger partial charge in [-0.15, -0.1) is 0 Å². The maximum atomic E-state index is 14.6. The Hall–Kier alpha value is -7.95. The number of carbonyl (C=O) groups excluding carboxylic acids is 5. The molecule has 5 aromatic rings. The monoisotopic (exact) mass is 1120 g/mol. The number of piperazine rings is 1. The van der Waals surface area contributed by atoms with Crippen LogP contribution in [0.1, 0.15) is 91.8 Å². The molecule has 5 amide bonds. The van der Waals surface area contributed by atoms with Crippen LogP contribution >= 0.6 is 0 Å². The number of anilines is 3. The summed E-state index contributed by atoms with van der Waals surface area (Å²) in [4.78, 5) is 88.1. The minimum atomic E-state index is -4.49. The van der Waals surface area contributed by atoms with Gasteiger partial charge in [-0.1, -0.05) is 50.5 Å². The first kappa shape index (κ1) is 59.7. The Kier molecular flexibility index (Phi) is 21.1. The fraction of sp³-hybridized carbons (Fsp3) is 0.414. The molecule has 1 aliphatic heterocycles. The van der Waals surface area contributed by atoms with Crippen molar-refractivity contribution in [3.63, 3.8) is 0 Å². The molecule has 0 unspecified atom stereocenters. The van der Waals surface area contributed by atoms with Gasteiger partial charge in [0.1, 0.15) is 22.5 Å². The van der Waals surface area contributed by atoms with Crippen LogP contribution in [-0.2, 0) is 29.3 Å². The number of aliphatic carboxylic acids is 1. The Bertz CT molecular complexity index is 3090. The third-order valence-electron chi connectivity index (χ3n) is 14.6. The summed E-state index contributed by atoms with van der Waals surface area (Å²) in [5.41, 5.74) is 3.18. The fourth-order valence-corrected chi connectivity index (χ4v) is 10.6. The van der Waals surface area contributed by atoms with Crippen LogP contribution in [-0.4, -0.2) is 143 Å². The molecule has 2 aliphatic rings. The molecule has 2 fully saturated rings. The molecule has 1 heterocycles. The molecule has 0 aromatic heterocycles. The van der Waals surface area contributed by atoms with Gasteiger partial charge in [0.2, 0.25) is 17.7 Å². The van der Waals surface area contributed by atoms with Crippen molar-refractivity contribution in [1.82, 2.24) is 31.5 Å². The Morgan fingerprint density at radius 2 is 1.30 bits per heavy atom. The largest absolute Gasteiger partial charge is 0.480 e. The van der Waals surface area contributed by atoms with Crippen LogP contribution in [0.2, 0.25) is 0 Å². The van der Waals surface area contributed by atoms with E-state index in [0.717, 1.165) is 50.5 Å². The second kappa shape index (κ2) is 28.3. The van der Waals surface area contributed by atoms with Gasteiger partial charge in [-0.3, -0.25) is 28.5 Å². The number of unbranched alkanes of at least 4 members (excludes halogenated alkanes) is 1. The van der Waals surface area contributed by atoms with Crippen molar-refractivity contribution >= 4 is 84.8 Å². The average molecular weight is 1120 g/mol. The van der Waals surface area contributed by atoms with E-state index in [0.29, 0.717) is 77.5 Å². The van der Waals surface area contributed by atoms with E-state index in [4.69, 9.17) is 0 Å². The number of benzene rings is 5. The lowest BCUT2D eigenvalue weighted by Crippen LogP contribution is -2.63. The zero-order valence-corrected chi connectivity index (χ0v) is 46.4. The first-order valence-electron chi connectivity index (χ1n) is 27.2. The van der Waals surface area contributed by atoms with Gasteiger partial charge in [0.15, 0.2) is 0 Å². The van der Waals surface area contributed by atoms with Crippen LogP contribution < -0.4 is 41.7 Å². The van der Waals surface area contributed by atoms with Crippen molar-refractivity contribution in [2.75, 3.05) is 81.6 Å². The first-order chi connectivity index (χ1) is 38.4. The summed E-state index contributed by atoms with van der Waals surface area (Å²) < 4.78 is 33.7. The molecule has 5 aromatic carbocycles. The molecule has 2 atom stereocenters. The van der Waals surface area contributed by atoms with Gasteiger partial charge in [-0.2, -0.15) is 18.6 Å². The smallest absolute Gasteiger partial charge is 0.326 e. The molecular formula is C58H73N11O10S. The van der Waals surface area contributed by atoms with Gasteiger partial charge in [-0.25, -0.2) is 4.79 Å². The molecule has 0 spiro atoms. The summed E-state index contributed by atoms with van der Waals surface area (Å²) in [5.74, 6) is -4.03. The van der Waals surface area contributed by atoms with Crippen molar-refractivity contribution in [2.45, 2.75) is 93.7 Å². The topological polar surface area (TPSA) is 284 Å². The van der Waals surface area contributed by atoms with Crippen LogP contribution in [0.3, 0.4) is 0 Å². The van der Waals surface area contributed by atoms with Crippen molar-refractivity contribution in [1.29, 1.82) is 0 Å². The van der Waals surface area contributed by atoms with E-state index in [2.05, 4.69) is 58.9 Å². The van der Waals surface area contributed by atoms with Crippen molar-refractivity contribution in [2.24, 2.45) is 10.2 Å². The van der Waals surface area contributed by atoms with Gasteiger partial charge >= 0.3 is 5.97 Å². The molecule has 21 nitrogen and oxygen atoms in total. The number of azo groups is 1. The Balaban J connectivity index is 0.961. The highest BCUT2D eigenvalue weighted by atomic mass is 32.2. The molecule has 8 N–H and O–H groups in total. The van der Waals surface area contributed by atoms with Crippen molar-refractivity contribution in [3.05, 3.63) is 120 Å². The zero-order chi connectivity index (χ0) is 57.2. The first-order valence-corrected chi connectivity index (χ1v) is 28.7. The van der Waals surface area contributed by atoms with Gasteiger partial charge < -0.3 is 51.7 Å². The number of hydrogen-bond donors (Lipinski definition) is 8. The number of fused-ring (bicyclic) bond motifs is 1. The van der Waals surface area contributed by atoms with E-state index in [-0.39, 0.29) is 49.7 Å². The number of hydrogen-bond acceptors (Lipinski definition) is 14. The number of amides is 5. The Morgan fingerprint density at radius 1 is 0.675 bits per heavy atom. The number of rotatable bonds is 26. The summed E-state index contributed by atoms with van der Waals surface area (Å²) in [6.45, 7) is 7.27. The second-order valence-corrected chi connectivity index (χ2v) is 21.7.